The van der Waals surface area contributed by atoms with Crippen LogP contribution in [0.1, 0.15) is 30.1 Å². The van der Waals surface area contributed by atoms with Gasteiger partial charge in [-0.3, -0.25) is 4.79 Å². The maximum Gasteiger partial charge on any atom is 0.223 e. The van der Waals surface area contributed by atoms with Crippen LogP contribution in [0.25, 0.3) is 0 Å². The second-order valence-corrected chi connectivity index (χ2v) is 6.49. The standard InChI is InChI=1S/C12H13Cl2N3O2S/c1-7-16-10(17-19-7)6-15-11(18)4-2-3-8-5-9(13)20-12(8)14/h5H,2-4,6H2,1H3,(H,15,18). The van der Waals surface area contributed by atoms with Gasteiger partial charge in [0.25, 0.3) is 0 Å². The lowest BCUT2D eigenvalue weighted by molar-refractivity contribution is -0.121. The van der Waals surface area contributed by atoms with Crippen LogP contribution in [-0.4, -0.2) is 16.0 Å². The first kappa shape index (κ1) is 15.3. The number of aromatic nitrogens is 2. The van der Waals surface area contributed by atoms with Crippen LogP contribution >= 0.6 is 34.5 Å². The van der Waals surface area contributed by atoms with E-state index in [-0.39, 0.29) is 12.5 Å². The Hall–Kier alpha value is -1.11. The molecule has 0 aromatic carbocycles. The molecule has 8 heteroatoms. The Balaban J connectivity index is 1.69. The Morgan fingerprint density at radius 2 is 2.30 bits per heavy atom. The number of carbonyl (C=O) groups is 1. The van der Waals surface area contributed by atoms with Gasteiger partial charge in [0.05, 0.1) is 15.2 Å². The first-order chi connectivity index (χ1) is 9.54. The van der Waals surface area contributed by atoms with Gasteiger partial charge in [-0.1, -0.05) is 28.4 Å². The summed E-state index contributed by atoms with van der Waals surface area (Å²) >= 11 is 13.2. The molecular formula is C12H13Cl2N3O2S. The lowest BCUT2D eigenvalue weighted by Gasteiger charge is -2.02. The molecule has 2 rings (SSSR count). The minimum absolute atomic E-state index is 0.0510. The third-order valence-electron chi connectivity index (χ3n) is 2.59. The Morgan fingerprint density at radius 3 is 2.90 bits per heavy atom. The second kappa shape index (κ2) is 7.06. The highest BCUT2D eigenvalue weighted by Crippen LogP contribution is 2.31. The van der Waals surface area contributed by atoms with E-state index >= 15 is 0 Å². The van der Waals surface area contributed by atoms with Crippen LogP contribution in [0, 0.1) is 6.92 Å². The van der Waals surface area contributed by atoms with Crippen molar-refractivity contribution in [2.75, 3.05) is 0 Å². The molecule has 5 nitrogen and oxygen atoms in total. The topological polar surface area (TPSA) is 68.0 Å². The predicted octanol–water partition coefficient (Wildman–Crippen LogP) is 3.39. The van der Waals surface area contributed by atoms with Gasteiger partial charge in [-0.2, -0.15) is 4.98 Å². The highest BCUT2D eigenvalue weighted by Gasteiger charge is 2.08. The van der Waals surface area contributed by atoms with Crippen molar-refractivity contribution < 1.29 is 9.32 Å². The summed E-state index contributed by atoms with van der Waals surface area (Å²) in [5, 5.41) is 6.44. The Labute approximate surface area is 130 Å². The van der Waals surface area contributed by atoms with Crippen LogP contribution in [0.3, 0.4) is 0 Å². The molecule has 1 amide bonds. The molecule has 0 atom stereocenters. The summed E-state index contributed by atoms with van der Waals surface area (Å²) in [6, 6.07) is 1.84. The Morgan fingerprint density at radius 1 is 1.50 bits per heavy atom. The van der Waals surface area contributed by atoms with Crippen LogP contribution in [0.4, 0.5) is 0 Å². The quantitative estimate of drug-likeness (QED) is 0.879. The normalized spacial score (nSPS) is 10.8. The van der Waals surface area contributed by atoms with Crippen LogP contribution in [0.2, 0.25) is 8.67 Å². The first-order valence-corrected chi connectivity index (χ1v) is 7.61. The number of thiophene rings is 1. The zero-order valence-corrected chi connectivity index (χ0v) is 13.1. The number of aryl methyl sites for hydroxylation is 2. The Bertz CT molecular complexity index is 597. The molecule has 0 radical (unpaired) electrons. The van der Waals surface area contributed by atoms with Crippen molar-refractivity contribution in [3.05, 3.63) is 32.0 Å². The summed E-state index contributed by atoms with van der Waals surface area (Å²) in [7, 11) is 0. The van der Waals surface area contributed by atoms with Crippen LogP contribution in [0.15, 0.2) is 10.6 Å². The predicted molar refractivity (Wildman–Crippen MR) is 78.2 cm³/mol. The average Bonchev–Trinajstić information content (AvgIpc) is 2.93. The van der Waals surface area contributed by atoms with E-state index in [0.29, 0.717) is 33.2 Å². The summed E-state index contributed by atoms with van der Waals surface area (Å²) in [5.41, 5.74) is 0.989. The average molecular weight is 334 g/mol. The van der Waals surface area contributed by atoms with E-state index in [0.717, 1.165) is 12.0 Å². The molecule has 108 valence electrons. The van der Waals surface area contributed by atoms with Gasteiger partial charge in [-0.15, -0.1) is 11.3 Å². The van der Waals surface area contributed by atoms with E-state index < -0.39 is 0 Å². The van der Waals surface area contributed by atoms with Crippen LogP contribution in [-0.2, 0) is 17.8 Å². The van der Waals surface area contributed by atoms with Gasteiger partial charge in [-0.25, -0.2) is 0 Å². The molecule has 1 N–H and O–H groups in total. The monoisotopic (exact) mass is 333 g/mol. The highest BCUT2D eigenvalue weighted by atomic mass is 35.5. The largest absolute Gasteiger partial charge is 0.349 e. The maximum atomic E-state index is 11.6. The van der Waals surface area contributed by atoms with Crippen molar-refractivity contribution in [1.29, 1.82) is 0 Å². The lowest BCUT2D eigenvalue weighted by Crippen LogP contribution is -2.23. The summed E-state index contributed by atoms with van der Waals surface area (Å²) in [6.45, 7) is 1.98. The molecule has 0 aliphatic heterocycles. The maximum absolute atomic E-state index is 11.6. The fourth-order valence-corrected chi connectivity index (χ4v) is 3.21. The molecule has 20 heavy (non-hydrogen) atoms. The number of rotatable bonds is 6. The van der Waals surface area contributed by atoms with Crippen LogP contribution < -0.4 is 5.32 Å². The summed E-state index contributed by atoms with van der Waals surface area (Å²) in [5.74, 6) is 0.909. The molecule has 0 fully saturated rings. The fourth-order valence-electron chi connectivity index (χ4n) is 1.66. The molecule has 0 aliphatic carbocycles. The number of amides is 1. The first-order valence-electron chi connectivity index (χ1n) is 6.04. The van der Waals surface area contributed by atoms with Gasteiger partial charge in [-0.05, 0) is 24.5 Å². The molecule has 0 spiro atoms. The van der Waals surface area contributed by atoms with Gasteiger partial charge in [0.2, 0.25) is 11.8 Å². The molecule has 0 saturated heterocycles. The van der Waals surface area contributed by atoms with E-state index in [4.69, 9.17) is 27.7 Å². The summed E-state index contributed by atoms with van der Waals surface area (Å²) in [6.07, 6.45) is 1.86. The van der Waals surface area contributed by atoms with E-state index in [1.54, 1.807) is 6.92 Å². The minimum Gasteiger partial charge on any atom is -0.349 e. The number of carbonyl (C=O) groups excluding carboxylic acids is 1. The number of hydrogen-bond donors (Lipinski definition) is 1. The summed E-state index contributed by atoms with van der Waals surface area (Å²) < 4.78 is 6.17. The number of hydrogen-bond acceptors (Lipinski definition) is 5. The molecule has 0 unspecified atom stereocenters. The second-order valence-electron chi connectivity index (χ2n) is 4.21. The number of nitrogens with one attached hydrogen (secondary N) is 1. The van der Waals surface area contributed by atoms with E-state index in [9.17, 15) is 4.79 Å². The summed E-state index contributed by atoms with van der Waals surface area (Å²) in [4.78, 5) is 15.7. The zero-order chi connectivity index (χ0) is 14.5. The van der Waals surface area contributed by atoms with Crippen molar-refractivity contribution in [1.82, 2.24) is 15.5 Å². The zero-order valence-electron chi connectivity index (χ0n) is 10.8. The SMILES string of the molecule is Cc1nc(CNC(=O)CCCc2cc(Cl)sc2Cl)no1. The van der Waals surface area contributed by atoms with Gasteiger partial charge in [0.15, 0.2) is 5.82 Å². The molecule has 2 aromatic rings. The molecular weight excluding hydrogens is 321 g/mol. The number of nitrogens with zero attached hydrogens (tertiary/aromatic N) is 2. The van der Waals surface area contributed by atoms with Crippen LogP contribution in [0.5, 0.6) is 0 Å². The van der Waals surface area contributed by atoms with Crippen molar-refractivity contribution in [3.63, 3.8) is 0 Å². The lowest BCUT2D eigenvalue weighted by atomic mass is 10.1. The molecule has 0 aliphatic rings. The van der Waals surface area contributed by atoms with E-state index in [1.807, 2.05) is 6.07 Å². The fraction of sp³-hybridized carbons (Fsp3) is 0.417. The Kier molecular flexibility index (Phi) is 5.39. The molecule has 2 aromatic heterocycles. The van der Waals surface area contributed by atoms with Crippen molar-refractivity contribution in [2.24, 2.45) is 0 Å². The molecule has 0 saturated carbocycles. The smallest absolute Gasteiger partial charge is 0.223 e. The van der Waals surface area contributed by atoms with Crippen molar-refractivity contribution in [2.45, 2.75) is 32.7 Å². The molecule has 2 heterocycles. The van der Waals surface area contributed by atoms with Gasteiger partial charge < -0.3 is 9.84 Å². The highest BCUT2D eigenvalue weighted by molar-refractivity contribution is 7.20. The van der Waals surface area contributed by atoms with E-state index in [2.05, 4.69) is 15.5 Å². The third-order valence-corrected chi connectivity index (χ3v) is 4.16. The van der Waals surface area contributed by atoms with Gasteiger partial charge in [0.1, 0.15) is 0 Å². The van der Waals surface area contributed by atoms with Gasteiger partial charge in [0, 0.05) is 13.3 Å². The van der Waals surface area contributed by atoms with Crippen molar-refractivity contribution >= 4 is 40.4 Å². The minimum atomic E-state index is -0.0510. The molecule has 0 bridgehead atoms. The van der Waals surface area contributed by atoms with Crippen molar-refractivity contribution in [3.8, 4) is 0 Å². The van der Waals surface area contributed by atoms with Gasteiger partial charge >= 0.3 is 0 Å². The number of halogens is 2. The van der Waals surface area contributed by atoms with E-state index in [1.165, 1.54) is 11.3 Å². The third kappa shape index (κ3) is 4.47.